The Bertz CT molecular complexity index is 1200. The number of amides is 3. The number of thioether (sulfide) groups is 1. The number of fused-ring (bicyclic) bond motifs is 2. The molecule has 6 atom stereocenters. The Morgan fingerprint density at radius 3 is 2.34 bits per heavy atom. The molecule has 0 radical (unpaired) electrons. The Morgan fingerprint density at radius 1 is 0.951 bits per heavy atom. The zero-order valence-electron chi connectivity index (χ0n) is 24.9. The van der Waals surface area contributed by atoms with Crippen molar-refractivity contribution in [3.05, 3.63) is 60.2 Å². The summed E-state index contributed by atoms with van der Waals surface area (Å²) in [4.78, 5) is 49.0. The van der Waals surface area contributed by atoms with Crippen molar-refractivity contribution in [2.75, 3.05) is 26.2 Å². The van der Waals surface area contributed by atoms with Gasteiger partial charge in [-0.15, -0.1) is 11.8 Å². The zero-order chi connectivity index (χ0) is 29.4. The molecular weight excluding hydrogens is 534 g/mol. The van der Waals surface area contributed by atoms with E-state index in [1.54, 1.807) is 16.7 Å². The first-order valence-electron chi connectivity index (χ1n) is 15.3. The van der Waals surface area contributed by atoms with Crippen molar-refractivity contribution in [1.82, 2.24) is 14.7 Å². The van der Waals surface area contributed by atoms with Gasteiger partial charge in [0.15, 0.2) is 0 Å². The van der Waals surface area contributed by atoms with E-state index in [9.17, 15) is 19.5 Å². The highest BCUT2D eigenvalue weighted by Crippen LogP contribution is 2.66. The third-order valence-electron chi connectivity index (χ3n) is 9.26. The highest BCUT2D eigenvalue weighted by atomic mass is 32.2. The van der Waals surface area contributed by atoms with Crippen LogP contribution in [0, 0.1) is 17.8 Å². The summed E-state index contributed by atoms with van der Waals surface area (Å²) in [6.45, 7) is 10.2. The van der Waals surface area contributed by atoms with Crippen molar-refractivity contribution in [3.8, 4) is 0 Å². The van der Waals surface area contributed by atoms with E-state index in [-0.39, 0.29) is 30.2 Å². The molecule has 1 aromatic rings. The van der Waals surface area contributed by atoms with Crippen molar-refractivity contribution < 1.29 is 19.5 Å². The second kappa shape index (κ2) is 12.0. The van der Waals surface area contributed by atoms with Gasteiger partial charge in [0, 0.05) is 30.9 Å². The summed E-state index contributed by atoms with van der Waals surface area (Å²) in [6.07, 6.45) is 11.9. The van der Waals surface area contributed by atoms with E-state index < -0.39 is 33.4 Å². The Labute approximate surface area is 249 Å². The molecule has 0 aromatic heterocycles. The average molecular weight is 580 g/mol. The molecule has 4 heterocycles. The molecule has 3 amide bonds. The van der Waals surface area contributed by atoms with Crippen molar-refractivity contribution in [1.29, 1.82) is 0 Å². The molecule has 4 aliphatic heterocycles. The predicted octanol–water partition coefficient (Wildman–Crippen LogP) is 4.27. The lowest BCUT2D eigenvalue weighted by Gasteiger charge is -2.40. The summed E-state index contributed by atoms with van der Waals surface area (Å²) < 4.78 is -1.52. The summed E-state index contributed by atoms with van der Waals surface area (Å²) in [6, 6.07) is 8.70. The Hall–Kier alpha value is -2.58. The number of carbonyl (C=O) groups excluding carboxylic acids is 3. The van der Waals surface area contributed by atoms with Gasteiger partial charge in [-0.3, -0.25) is 14.4 Å². The number of rotatable bonds is 10. The number of aliphatic hydroxyl groups excluding tert-OH is 1. The minimum absolute atomic E-state index is 0.0426. The maximum Gasteiger partial charge on any atom is 0.247 e. The van der Waals surface area contributed by atoms with E-state index >= 15 is 0 Å². The molecule has 0 bridgehead atoms. The minimum Gasteiger partial charge on any atom is -0.394 e. The molecule has 5 rings (SSSR count). The topological polar surface area (TPSA) is 81.2 Å². The quantitative estimate of drug-likeness (QED) is 0.331. The first kappa shape index (κ1) is 29.9. The second-order valence-corrected chi connectivity index (χ2v) is 14.5. The van der Waals surface area contributed by atoms with Gasteiger partial charge in [0.2, 0.25) is 17.7 Å². The van der Waals surface area contributed by atoms with E-state index in [4.69, 9.17) is 0 Å². The molecule has 2 saturated heterocycles. The predicted molar refractivity (Wildman–Crippen MR) is 163 cm³/mol. The fourth-order valence-corrected chi connectivity index (χ4v) is 9.62. The van der Waals surface area contributed by atoms with Crippen LogP contribution in [0.4, 0.5) is 0 Å². The van der Waals surface area contributed by atoms with Crippen molar-refractivity contribution in [3.63, 3.8) is 0 Å². The molecule has 1 unspecified atom stereocenters. The van der Waals surface area contributed by atoms with Crippen LogP contribution < -0.4 is 0 Å². The van der Waals surface area contributed by atoms with Gasteiger partial charge in [0.25, 0.3) is 0 Å². The summed E-state index contributed by atoms with van der Waals surface area (Å²) in [5.74, 6) is -1.35. The third-order valence-corrected chi connectivity index (χ3v) is 11.1. The number of nitrogens with zero attached hydrogens (tertiary/aromatic N) is 3. The molecule has 222 valence electrons. The van der Waals surface area contributed by atoms with Crippen LogP contribution >= 0.6 is 11.8 Å². The minimum atomic E-state index is -0.882. The van der Waals surface area contributed by atoms with Gasteiger partial charge in [-0.1, -0.05) is 88.2 Å². The van der Waals surface area contributed by atoms with Crippen LogP contribution in [0.25, 0.3) is 0 Å². The summed E-state index contributed by atoms with van der Waals surface area (Å²) in [7, 11) is 0. The average Bonchev–Trinajstić information content (AvgIpc) is 3.23. The molecule has 8 heteroatoms. The van der Waals surface area contributed by atoms with E-state index in [1.165, 1.54) is 0 Å². The Balaban J connectivity index is 1.58. The first-order chi connectivity index (χ1) is 19.7. The number of unbranched alkanes of at least 4 members (excludes halogenated alkanes) is 2. The molecule has 1 N–H and O–H groups in total. The van der Waals surface area contributed by atoms with E-state index in [2.05, 4.69) is 45.9 Å². The SMILES string of the molecule is CCCCCN1CC=C[C@]23S[C@@]4(C)C=CCN(Cc5ccccc5)C(=O)[C@H]4[C@H]2C(=O)N([C@@H](CO)CC(C)C)C3C1=O. The molecule has 2 fully saturated rings. The summed E-state index contributed by atoms with van der Waals surface area (Å²) >= 11 is 1.61. The van der Waals surface area contributed by atoms with Crippen molar-refractivity contribution >= 4 is 29.5 Å². The molecule has 7 nitrogen and oxygen atoms in total. The fourth-order valence-electron chi connectivity index (χ4n) is 7.47. The molecule has 41 heavy (non-hydrogen) atoms. The largest absolute Gasteiger partial charge is 0.394 e. The molecule has 0 saturated carbocycles. The van der Waals surface area contributed by atoms with E-state index in [0.717, 1.165) is 24.8 Å². The summed E-state index contributed by atoms with van der Waals surface area (Å²) in [5, 5.41) is 10.6. The van der Waals surface area contributed by atoms with Gasteiger partial charge in [0.1, 0.15) is 6.04 Å². The van der Waals surface area contributed by atoms with Crippen LogP contribution in [0.15, 0.2) is 54.6 Å². The van der Waals surface area contributed by atoms with Crippen molar-refractivity contribution in [2.45, 2.75) is 81.5 Å². The molecule has 0 aliphatic carbocycles. The Kier molecular flexibility index (Phi) is 8.72. The zero-order valence-corrected chi connectivity index (χ0v) is 25.7. The van der Waals surface area contributed by atoms with E-state index in [0.29, 0.717) is 32.6 Å². The van der Waals surface area contributed by atoms with Crippen LogP contribution in [-0.4, -0.2) is 85.3 Å². The highest BCUT2D eigenvalue weighted by molar-refractivity contribution is 8.02. The van der Waals surface area contributed by atoms with E-state index in [1.807, 2.05) is 46.2 Å². The number of benzene rings is 1. The maximum absolute atomic E-state index is 14.7. The maximum atomic E-state index is 14.7. The standard InChI is InChI=1S/C33H45N3O4S/c1-5-6-10-17-34-18-12-16-33-27(30(39)36(28(33)31(34)40)25(22-37)20-23(2)3)26-29(38)35(19-11-15-32(26,4)41-33)21-24-13-8-7-9-14-24/h7-9,11-16,23,25-28,37H,5-6,10,17-22H2,1-4H3/t25-,26-,27+,28?,32+,33+/m1/s1. The number of hydrogen-bond acceptors (Lipinski definition) is 5. The van der Waals surface area contributed by atoms with Crippen LogP contribution in [-0.2, 0) is 20.9 Å². The van der Waals surface area contributed by atoms with Gasteiger partial charge < -0.3 is 19.8 Å². The molecular formula is C33H45N3O4S. The lowest BCUT2D eigenvalue weighted by Crippen LogP contribution is -2.57. The second-order valence-electron chi connectivity index (χ2n) is 12.7. The summed E-state index contributed by atoms with van der Waals surface area (Å²) in [5.41, 5.74) is 1.04. The lowest BCUT2D eigenvalue weighted by atomic mass is 9.74. The van der Waals surface area contributed by atoms with Gasteiger partial charge >= 0.3 is 0 Å². The normalized spacial score (nSPS) is 31.8. The van der Waals surface area contributed by atoms with Gasteiger partial charge in [-0.25, -0.2) is 0 Å². The smallest absolute Gasteiger partial charge is 0.247 e. The van der Waals surface area contributed by atoms with Gasteiger partial charge in [0.05, 0.1) is 29.2 Å². The number of aliphatic hydroxyl groups is 1. The van der Waals surface area contributed by atoms with Crippen LogP contribution in [0.1, 0.15) is 58.9 Å². The highest BCUT2D eigenvalue weighted by Gasteiger charge is 2.74. The van der Waals surface area contributed by atoms with Crippen LogP contribution in [0.5, 0.6) is 0 Å². The molecule has 1 aromatic carbocycles. The van der Waals surface area contributed by atoms with Gasteiger partial charge in [-0.05, 0) is 31.2 Å². The van der Waals surface area contributed by atoms with Crippen molar-refractivity contribution in [2.24, 2.45) is 17.8 Å². The monoisotopic (exact) mass is 579 g/mol. The number of hydrogen-bond donors (Lipinski definition) is 1. The molecule has 4 aliphatic rings. The van der Waals surface area contributed by atoms with Crippen LogP contribution in [0.2, 0.25) is 0 Å². The Morgan fingerprint density at radius 2 is 1.66 bits per heavy atom. The first-order valence-corrected chi connectivity index (χ1v) is 16.1. The number of carbonyl (C=O) groups is 3. The van der Waals surface area contributed by atoms with Crippen LogP contribution in [0.3, 0.4) is 0 Å². The lowest BCUT2D eigenvalue weighted by molar-refractivity contribution is -0.147. The third kappa shape index (κ3) is 5.27. The number of likely N-dealkylation sites (tertiary alicyclic amines) is 1. The van der Waals surface area contributed by atoms with Gasteiger partial charge in [-0.2, -0.15) is 0 Å². The fraction of sp³-hybridized carbons (Fsp3) is 0.606. The molecule has 1 spiro atoms.